The molecule has 0 fully saturated rings. The molecule has 8 heteroatoms. The first kappa shape index (κ1) is 16.0. The first-order valence-corrected chi connectivity index (χ1v) is 6.15. The SMILES string of the molecule is COCCNCCNC(=O)c1cc([N+](=O)[O-])cnc1C. The summed E-state index contributed by atoms with van der Waals surface area (Å²) in [6, 6.07) is 1.23. The third-order valence-corrected chi connectivity index (χ3v) is 2.60. The van der Waals surface area contributed by atoms with Gasteiger partial charge in [-0.15, -0.1) is 0 Å². The third-order valence-electron chi connectivity index (χ3n) is 2.60. The van der Waals surface area contributed by atoms with E-state index < -0.39 is 4.92 Å². The highest BCUT2D eigenvalue weighted by atomic mass is 16.6. The minimum absolute atomic E-state index is 0.195. The maximum atomic E-state index is 11.9. The Hall–Kier alpha value is -2.06. The van der Waals surface area contributed by atoms with Crippen molar-refractivity contribution in [1.82, 2.24) is 15.6 Å². The minimum atomic E-state index is -0.574. The molecule has 0 saturated heterocycles. The first-order chi connectivity index (χ1) is 9.56. The van der Waals surface area contributed by atoms with Crippen molar-refractivity contribution in [2.45, 2.75) is 6.92 Å². The minimum Gasteiger partial charge on any atom is -0.383 e. The monoisotopic (exact) mass is 282 g/mol. The number of amides is 1. The molecule has 1 rings (SSSR count). The first-order valence-electron chi connectivity index (χ1n) is 6.15. The summed E-state index contributed by atoms with van der Waals surface area (Å²) in [6.07, 6.45) is 1.14. The van der Waals surface area contributed by atoms with Crippen LogP contribution in [0.5, 0.6) is 0 Å². The van der Waals surface area contributed by atoms with Crippen LogP contribution >= 0.6 is 0 Å². The van der Waals surface area contributed by atoms with E-state index in [1.807, 2.05) is 0 Å². The number of nitrogens with zero attached hydrogens (tertiary/aromatic N) is 2. The van der Waals surface area contributed by atoms with E-state index in [0.29, 0.717) is 31.9 Å². The number of aryl methyl sites for hydroxylation is 1. The fourth-order valence-corrected chi connectivity index (χ4v) is 1.51. The van der Waals surface area contributed by atoms with Crippen LogP contribution in [0.25, 0.3) is 0 Å². The van der Waals surface area contributed by atoms with E-state index in [1.165, 1.54) is 6.07 Å². The molecular formula is C12H18N4O4. The third kappa shape index (κ3) is 4.90. The van der Waals surface area contributed by atoms with E-state index in [1.54, 1.807) is 14.0 Å². The van der Waals surface area contributed by atoms with Gasteiger partial charge in [0.05, 0.1) is 22.8 Å². The Morgan fingerprint density at radius 3 is 2.85 bits per heavy atom. The van der Waals surface area contributed by atoms with E-state index >= 15 is 0 Å². The van der Waals surface area contributed by atoms with Crippen LogP contribution in [-0.4, -0.2) is 49.2 Å². The van der Waals surface area contributed by atoms with Gasteiger partial charge in [0.1, 0.15) is 6.20 Å². The van der Waals surface area contributed by atoms with Gasteiger partial charge >= 0.3 is 0 Å². The lowest BCUT2D eigenvalue weighted by atomic mass is 10.2. The van der Waals surface area contributed by atoms with E-state index in [9.17, 15) is 14.9 Å². The second-order valence-electron chi connectivity index (χ2n) is 4.08. The second kappa shape index (κ2) is 8.18. The average Bonchev–Trinajstić information content (AvgIpc) is 2.42. The van der Waals surface area contributed by atoms with Crippen LogP contribution in [0, 0.1) is 17.0 Å². The van der Waals surface area contributed by atoms with Crippen LogP contribution in [0.2, 0.25) is 0 Å². The van der Waals surface area contributed by atoms with Crippen LogP contribution in [0.4, 0.5) is 5.69 Å². The molecule has 0 unspecified atom stereocenters. The van der Waals surface area contributed by atoms with E-state index in [0.717, 1.165) is 6.20 Å². The van der Waals surface area contributed by atoms with Gasteiger partial charge in [0, 0.05) is 32.8 Å². The van der Waals surface area contributed by atoms with E-state index in [2.05, 4.69) is 15.6 Å². The lowest BCUT2D eigenvalue weighted by molar-refractivity contribution is -0.385. The molecule has 0 atom stereocenters. The molecule has 0 spiro atoms. The highest BCUT2D eigenvalue weighted by molar-refractivity contribution is 5.95. The molecule has 8 nitrogen and oxygen atoms in total. The number of rotatable bonds is 8. The van der Waals surface area contributed by atoms with Crippen molar-refractivity contribution >= 4 is 11.6 Å². The summed E-state index contributed by atoms with van der Waals surface area (Å²) in [4.78, 5) is 25.8. The van der Waals surface area contributed by atoms with Crippen LogP contribution < -0.4 is 10.6 Å². The van der Waals surface area contributed by atoms with Gasteiger partial charge in [-0.25, -0.2) is 0 Å². The molecule has 0 bridgehead atoms. The quantitative estimate of drug-likeness (QED) is 0.402. The summed E-state index contributed by atoms with van der Waals surface area (Å²) in [5.74, 6) is -0.368. The molecule has 1 aromatic heterocycles. The maximum absolute atomic E-state index is 11.9. The highest BCUT2D eigenvalue weighted by Crippen LogP contribution is 2.14. The number of hydrogen-bond acceptors (Lipinski definition) is 6. The zero-order chi connectivity index (χ0) is 15.0. The van der Waals surface area contributed by atoms with Crippen molar-refractivity contribution in [2.24, 2.45) is 0 Å². The molecule has 0 aliphatic heterocycles. The largest absolute Gasteiger partial charge is 0.383 e. The van der Waals surface area contributed by atoms with Gasteiger partial charge in [-0.05, 0) is 6.92 Å². The Morgan fingerprint density at radius 2 is 2.20 bits per heavy atom. The summed E-state index contributed by atoms with van der Waals surface area (Å²) < 4.78 is 4.87. The van der Waals surface area contributed by atoms with Crippen molar-refractivity contribution < 1.29 is 14.5 Å². The lowest BCUT2D eigenvalue weighted by Crippen LogP contribution is -2.33. The van der Waals surface area contributed by atoms with Crippen molar-refractivity contribution in [3.63, 3.8) is 0 Å². The van der Waals surface area contributed by atoms with Crippen molar-refractivity contribution in [3.05, 3.63) is 33.6 Å². The van der Waals surface area contributed by atoms with Gasteiger partial charge < -0.3 is 15.4 Å². The Bertz CT molecular complexity index is 479. The van der Waals surface area contributed by atoms with Gasteiger partial charge in [-0.2, -0.15) is 0 Å². The summed E-state index contributed by atoms with van der Waals surface area (Å²) >= 11 is 0. The second-order valence-corrected chi connectivity index (χ2v) is 4.08. The van der Waals surface area contributed by atoms with Gasteiger partial charge in [-0.3, -0.25) is 19.9 Å². The Balaban J connectivity index is 2.50. The topological polar surface area (TPSA) is 106 Å². The molecule has 20 heavy (non-hydrogen) atoms. The number of nitro groups is 1. The molecule has 0 saturated carbocycles. The van der Waals surface area contributed by atoms with E-state index in [4.69, 9.17) is 4.74 Å². The van der Waals surface area contributed by atoms with E-state index in [-0.39, 0.29) is 17.2 Å². The van der Waals surface area contributed by atoms with Crippen LogP contribution in [0.3, 0.4) is 0 Å². The Kier molecular flexibility index (Phi) is 6.54. The van der Waals surface area contributed by atoms with Gasteiger partial charge in [0.2, 0.25) is 0 Å². The normalized spacial score (nSPS) is 10.3. The number of aromatic nitrogens is 1. The molecule has 2 N–H and O–H groups in total. The molecule has 0 aromatic carbocycles. The van der Waals surface area contributed by atoms with Gasteiger partial charge in [-0.1, -0.05) is 0 Å². The summed E-state index contributed by atoms with van der Waals surface area (Å²) in [5, 5.41) is 16.4. The van der Waals surface area contributed by atoms with Crippen LogP contribution in [0.1, 0.15) is 16.1 Å². The predicted molar refractivity (Wildman–Crippen MR) is 72.7 cm³/mol. The number of nitrogens with one attached hydrogen (secondary N) is 2. The average molecular weight is 282 g/mol. The van der Waals surface area contributed by atoms with Crippen LogP contribution in [0.15, 0.2) is 12.3 Å². The summed E-state index contributed by atoms with van der Waals surface area (Å²) in [6.45, 7) is 3.95. The van der Waals surface area contributed by atoms with Gasteiger partial charge in [0.25, 0.3) is 11.6 Å². The number of carbonyl (C=O) groups excluding carboxylic acids is 1. The molecule has 0 aliphatic rings. The number of pyridine rings is 1. The summed E-state index contributed by atoms with van der Waals surface area (Å²) in [5.41, 5.74) is 0.482. The lowest BCUT2D eigenvalue weighted by Gasteiger charge is -2.08. The standard InChI is InChI=1S/C12H18N4O4/c1-9-11(7-10(8-15-9)16(18)19)12(17)14-4-3-13-5-6-20-2/h7-8,13H,3-6H2,1-2H3,(H,14,17). The van der Waals surface area contributed by atoms with Crippen molar-refractivity contribution in [2.75, 3.05) is 33.4 Å². The fraction of sp³-hybridized carbons (Fsp3) is 0.500. The maximum Gasteiger partial charge on any atom is 0.288 e. The zero-order valence-corrected chi connectivity index (χ0v) is 11.5. The molecular weight excluding hydrogens is 264 g/mol. The zero-order valence-electron chi connectivity index (χ0n) is 11.5. The number of carbonyl (C=O) groups is 1. The number of ether oxygens (including phenoxy) is 1. The molecule has 0 radical (unpaired) electrons. The Morgan fingerprint density at radius 1 is 1.45 bits per heavy atom. The van der Waals surface area contributed by atoms with Crippen molar-refractivity contribution in [1.29, 1.82) is 0 Å². The smallest absolute Gasteiger partial charge is 0.288 e. The summed E-state index contributed by atoms with van der Waals surface area (Å²) in [7, 11) is 1.61. The molecule has 110 valence electrons. The molecule has 1 heterocycles. The highest BCUT2D eigenvalue weighted by Gasteiger charge is 2.15. The fourth-order valence-electron chi connectivity index (χ4n) is 1.51. The molecule has 0 aliphatic carbocycles. The Labute approximate surface area is 116 Å². The molecule has 1 amide bonds. The molecule has 1 aromatic rings. The predicted octanol–water partition coefficient (Wildman–Crippen LogP) is 0.264. The number of methoxy groups -OCH3 is 1. The number of hydrogen-bond donors (Lipinski definition) is 2. The van der Waals surface area contributed by atoms with Crippen LogP contribution in [-0.2, 0) is 4.74 Å². The van der Waals surface area contributed by atoms with Crippen molar-refractivity contribution in [3.8, 4) is 0 Å². The van der Waals surface area contributed by atoms with Gasteiger partial charge in [0.15, 0.2) is 0 Å².